The normalized spacial score (nSPS) is 25.2. The van der Waals surface area contributed by atoms with Gasteiger partial charge in [0.25, 0.3) is 10.2 Å². The number of rotatable bonds is 4. The zero-order chi connectivity index (χ0) is 17.2. The molecule has 24 heavy (non-hydrogen) atoms. The first-order valence-corrected chi connectivity index (χ1v) is 9.91. The molecule has 7 heteroatoms. The molecule has 1 aromatic carbocycles. The van der Waals surface area contributed by atoms with E-state index in [1.807, 2.05) is 30.3 Å². The Labute approximate surface area is 144 Å². The van der Waals surface area contributed by atoms with Gasteiger partial charge in [0.1, 0.15) is 0 Å². The number of aliphatic hydroxyl groups is 1. The number of piperidine rings is 1. The van der Waals surface area contributed by atoms with Crippen LogP contribution < -0.4 is 0 Å². The number of ether oxygens (including phenoxy) is 1. The second-order valence-corrected chi connectivity index (χ2v) is 8.76. The number of aliphatic hydroxyl groups excluding tert-OH is 1. The Morgan fingerprint density at radius 3 is 2.58 bits per heavy atom. The van der Waals surface area contributed by atoms with Crippen LogP contribution in [-0.2, 0) is 21.5 Å². The average molecular weight is 354 g/mol. The van der Waals surface area contributed by atoms with Crippen molar-refractivity contribution in [3.8, 4) is 0 Å². The summed E-state index contributed by atoms with van der Waals surface area (Å²) in [7, 11) is -1.89. The molecule has 3 rings (SSSR count). The Morgan fingerprint density at radius 1 is 1.29 bits per heavy atom. The first kappa shape index (κ1) is 17.8. The van der Waals surface area contributed by atoms with Gasteiger partial charge in [0.2, 0.25) is 0 Å². The fourth-order valence-electron chi connectivity index (χ4n) is 3.60. The fourth-order valence-corrected chi connectivity index (χ4v) is 4.95. The molecule has 1 aromatic rings. The zero-order valence-corrected chi connectivity index (χ0v) is 14.9. The van der Waals surface area contributed by atoms with E-state index in [2.05, 4.69) is 0 Å². The van der Waals surface area contributed by atoms with Crippen LogP contribution in [0.1, 0.15) is 31.2 Å². The summed E-state index contributed by atoms with van der Waals surface area (Å²) < 4.78 is 34.3. The molecule has 0 bridgehead atoms. The van der Waals surface area contributed by atoms with Gasteiger partial charge in [0.15, 0.2) is 0 Å². The van der Waals surface area contributed by atoms with Crippen LogP contribution in [0.3, 0.4) is 0 Å². The fraction of sp³-hybridized carbons (Fsp3) is 0.647. The first-order valence-electron chi connectivity index (χ1n) is 8.51. The highest BCUT2D eigenvalue weighted by Crippen LogP contribution is 2.36. The van der Waals surface area contributed by atoms with E-state index in [0.29, 0.717) is 39.1 Å². The summed E-state index contributed by atoms with van der Waals surface area (Å²) in [5.74, 6) is 0. The third-order valence-corrected chi connectivity index (χ3v) is 7.09. The lowest BCUT2D eigenvalue weighted by Crippen LogP contribution is -2.57. The van der Waals surface area contributed by atoms with Gasteiger partial charge in [-0.2, -0.15) is 17.0 Å². The number of nitrogens with zero attached hydrogens (tertiary/aromatic N) is 2. The van der Waals surface area contributed by atoms with Crippen LogP contribution in [0.15, 0.2) is 30.3 Å². The summed E-state index contributed by atoms with van der Waals surface area (Å²) in [5.41, 5.74) is 0.408. The van der Waals surface area contributed by atoms with Crippen LogP contribution in [0.5, 0.6) is 0 Å². The Balaban J connectivity index is 1.64. The van der Waals surface area contributed by atoms with Crippen molar-refractivity contribution in [2.45, 2.75) is 43.9 Å². The number of benzene rings is 1. The van der Waals surface area contributed by atoms with Crippen LogP contribution in [0, 0.1) is 0 Å². The SMILES string of the molecule is CN(Cc1ccccc1)S(=O)(=O)N1CCC2(CC1)OCCC[C@H]2O. The minimum Gasteiger partial charge on any atom is -0.390 e. The molecule has 0 aromatic heterocycles. The third-order valence-electron chi connectivity index (χ3n) is 5.16. The third kappa shape index (κ3) is 3.50. The molecule has 6 nitrogen and oxygen atoms in total. The maximum Gasteiger partial charge on any atom is 0.282 e. The van der Waals surface area contributed by atoms with Crippen molar-refractivity contribution in [2.75, 3.05) is 26.7 Å². The number of hydrogen-bond donors (Lipinski definition) is 1. The smallest absolute Gasteiger partial charge is 0.282 e. The van der Waals surface area contributed by atoms with Crippen LogP contribution in [0.25, 0.3) is 0 Å². The highest BCUT2D eigenvalue weighted by Gasteiger charge is 2.46. The Kier molecular flexibility index (Phi) is 5.27. The second-order valence-electron chi connectivity index (χ2n) is 6.72. The predicted molar refractivity (Wildman–Crippen MR) is 91.6 cm³/mol. The molecule has 2 aliphatic rings. The lowest BCUT2D eigenvalue weighted by atomic mass is 9.82. The highest BCUT2D eigenvalue weighted by atomic mass is 32.2. The zero-order valence-electron chi connectivity index (χ0n) is 14.1. The maximum absolute atomic E-state index is 12.8. The highest BCUT2D eigenvalue weighted by molar-refractivity contribution is 7.86. The maximum atomic E-state index is 12.8. The molecule has 1 spiro atoms. The van der Waals surface area contributed by atoms with Crippen molar-refractivity contribution in [2.24, 2.45) is 0 Å². The van der Waals surface area contributed by atoms with Crippen molar-refractivity contribution in [3.05, 3.63) is 35.9 Å². The van der Waals surface area contributed by atoms with Crippen molar-refractivity contribution < 1.29 is 18.3 Å². The molecule has 2 saturated heterocycles. The van der Waals surface area contributed by atoms with Crippen molar-refractivity contribution in [1.82, 2.24) is 8.61 Å². The Hall–Kier alpha value is -0.990. The molecule has 2 fully saturated rings. The van der Waals surface area contributed by atoms with E-state index in [4.69, 9.17) is 4.74 Å². The number of hydrogen-bond acceptors (Lipinski definition) is 4. The topological polar surface area (TPSA) is 70.1 Å². The van der Waals surface area contributed by atoms with Gasteiger partial charge in [-0.15, -0.1) is 0 Å². The van der Waals surface area contributed by atoms with Crippen molar-refractivity contribution in [1.29, 1.82) is 0 Å². The minimum atomic E-state index is -3.50. The van der Waals surface area contributed by atoms with Gasteiger partial charge in [-0.3, -0.25) is 0 Å². The predicted octanol–water partition coefficient (Wildman–Crippen LogP) is 1.37. The molecule has 0 unspecified atom stereocenters. The molecule has 0 radical (unpaired) electrons. The average Bonchev–Trinajstić information content (AvgIpc) is 2.59. The van der Waals surface area contributed by atoms with Gasteiger partial charge in [-0.1, -0.05) is 30.3 Å². The van der Waals surface area contributed by atoms with Gasteiger partial charge in [-0.25, -0.2) is 0 Å². The van der Waals surface area contributed by atoms with Crippen molar-refractivity contribution in [3.63, 3.8) is 0 Å². The molecule has 134 valence electrons. The summed E-state index contributed by atoms with van der Waals surface area (Å²) in [4.78, 5) is 0. The van der Waals surface area contributed by atoms with Gasteiger partial charge >= 0.3 is 0 Å². The van der Waals surface area contributed by atoms with E-state index in [1.165, 1.54) is 8.61 Å². The van der Waals surface area contributed by atoms with Crippen LogP contribution in [0.4, 0.5) is 0 Å². The van der Waals surface area contributed by atoms with E-state index < -0.39 is 21.9 Å². The monoisotopic (exact) mass is 354 g/mol. The molecule has 1 atom stereocenters. The summed E-state index contributed by atoms with van der Waals surface area (Å²) in [5, 5.41) is 10.3. The molecule has 2 heterocycles. The molecule has 0 amide bonds. The van der Waals surface area contributed by atoms with Gasteiger partial charge in [-0.05, 0) is 31.2 Å². The van der Waals surface area contributed by atoms with Crippen LogP contribution in [-0.4, -0.2) is 60.6 Å². The molecule has 0 saturated carbocycles. The largest absolute Gasteiger partial charge is 0.390 e. The van der Waals surface area contributed by atoms with Crippen molar-refractivity contribution >= 4 is 10.2 Å². The second kappa shape index (κ2) is 7.09. The molecule has 1 N–H and O–H groups in total. The summed E-state index contributed by atoms with van der Waals surface area (Å²) in [6, 6.07) is 9.56. The summed E-state index contributed by atoms with van der Waals surface area (Å²) in [6.45, 7) is 1.78. The molecule has 2 aliphatic heterocycles. The quantitative estimate of drug-likeness (QED) is 0.887. The molecular weight excluding hydrogens is 328 g/mol. The standard InChI is InChI=1S/C17H26N2O4S/c1-18(14-15-6-3-2-4-7-15)24(21,22)19-11-9-17(10-12-19)16(20)8-5-13-23-17/h2-4,6-7,16,20H,5,8-14H2,1H3/t16-/m1/s1. The van der Waals surface area contributed by atoms with E-state index in [0.717, 1.165) is 18.4 Å². The van der Waals surface area contributed by atoms with E-state index >= 15 is 0 Å². The summed E-state index contributed by atoms with van der Waals surface area (Å²) >= 11 is 0. The lowest BCUT2D eigenvalue weighted by Gasteiger charge is -2.46. The van der Waals surface area contributed by atoms with Gasteiger partial charge in [0, 0.05) is 33.3 Å². The van der Waals surface area contributed by atoms with E-state index in [9.17, 15) is 13.5 Å². The Bertz CT molecular complexity index is 642. The minimum absolute atomic E-state index is 0.351. The molecule has 0 aliphatic carbocycles. The first-order chi connectivity index (χ1) is 11.4. The van der Waals surface area contributed by atoms with E-state index in [1.54, 1.807) is 7.05 Å². The molecular formula is C17H26N2O4S. The van der Waals surface area contributed by atoms with Gasteiger partial charge in [0.05, 0.1) is 11.7 Å². The summed E-state index contributed by atoms with van der Waals surface area (Å²) in [6.07, 6.45) is 2.21. The Morgan fingerprint density at radius 2 is 1.96 bits per heavy atom. The lowest BCUT2D eigenvalue weighted by molar-refractivity contribution is -0.172. The van der Waals surface area contributed by atoms with Crippen LogP contribution in [0.2, 0.25) is 0 Å². The van der Waals surface area contributed by atoms with Gasteiger partial charge < -0.3 is 9.84 Å². The van der Waals surface area contributed by atoms with E-state index in [-0.39, 0.29) is 0 Å². The van der Waals surface area contributed by atoms with Crippen LogP contribution >= 0.6 is 0 Å².